The van der Waals surface area contributed by atoms with Crippen LogP contribution in [0.5, 0.6) is 0 Å². The van der Waals surface area contributed by atoms with E-state index in [0.717, 1.165) is 27.3 Å². The van der Waals surface area contributed by atoms with Crippen LogP contribution in [-0.4, -0.2) is 26.3 Å². The summed E-state index contributed by atoms with van der Waals surface area (Å²) in [5.74, 6) is -0.102. The molecule has 1 N–H and O–H groups in total. The average molecular weight is 520 g/mol. The highest BCUT2D eigenvalue weighted by atomic mass is 32.2. The van der Waals surface area contributed by atoms with Crippen LogP contribution in [0.1, 0.15) is 42.3 Å². The zero-order valence-electron chi connectivity index (χ0n) is 20.8. The molecule has 0 bridgehead atoms. The second kappa shape index (κ2) is 9.84. The third-order valence-corrected chi connectivity index (χ3v) is 8.45. The molecule has 4 aromatic rings. The van der Waals surface area contributed by atoms with E-state index in [1.807, 2.05) is 82.3 Å². The number of thioether (sulfide) groups is 1. The fraction of sp³-hybridized carbons (Fsp3) is 0.321. The molecular weight excluding hydrogens is 490 g/mol. The summed E-state index contributed by atoms with van der Waals surface area (Å²) in [5, 5.41) is 3.74. The number of hydrogen-bond acceptors (Lipinski definition) is 6. The first-order valence-corrected chi connectivity index (χ1v) is 13.7. The summed E-state index contributed by atoms with van der Waals surface area (Å²) in [4.78, 5) is 33.7. The molecule has 2 aromatic heterocycles. The minimum atomic E-state index is -0.439. The van der Waals surface area contributed by atoms with Crippen LogP contribution in [0.15, 0.2) is 64.5 Å². The minimum Gasteiger partial charge on any atom is -0.370 e. The van der Waals surface area contributed by atoms with E-state index < -0.39 is 5.25 Å². The van der Waals surface area contributed by atoms with Gasteiger partial charge in [0.2, 0.25) is 5.91 Å². The molecule has 2 aromatic carbocycles. The molecule has 8 heteroatoms. The highest BCUT2D eigenvalue weighted by Gasteiger charge is 2.32. The Morgan fingerprint density at radius 1 is 1.22 bits per heavy atom. The summed E-state index contributed by atoms with van der Waals surface area (Å²) in [7, 11) is 0. The van der Waals surface area contributed by atoms with Gasteiger partial charge in [-0.15, -0.1) is 11.3 Å². The Morgan fingerprint density at radius 3 is 2.75 bits per heavy atom. The van der Waals surface area contributed by atoms with Gasteiger partial charge in [0.15, 0.2) is 5.16 Å². The van der Waals surface area contributed by atoms with Crippen molar-refractivity contribution in [2.75, 3.05) is 0 Å². The fourth-order valence-electron chi connectivity index (χ4n) is 4.39. The van der Waals surface area contributed by atoms with Crippen molar-refractivity contribution in [3.8, 4) is 5.69 Å². The lowest BCUT2D eigenvalue weighted by Crippen LogP contribution is -2.32. The molecule has 186 valence electrons. The Kier molecular flexibility index (Phi) is 6.76. The number of carbonyl (C=O) groups excluding carboxylic acids is 1. The van der Waals surface area contributed by atoms with Crippen LogP contribution < -0.4 is 10.9 Å². The number of aromatic nitrogens is 2. The minimum absolute atomic E-state index is 0.0970. The summed E-state index contributed by atoms with van der Waals surface area (Å²) < 4.78 is 7.66. The molecule has 5 rings (SSSR count). The highest BCUT2D eigenvalue weighted by molar-refractivity contribution is 8.00. The van der Waals surface area contributed by atoms with E-state index in [9.17, 15) is 9.59 Å². The Morgan fingerprint density at radius 2 is 2.00 bits per heavy atom. The van der Waals surface area contributed by atoms with Crippen molar-refractivity contribution < 1.29 is 9.53 Å². The second-order valence-corrected chi connectivity index (χ2v) is 12.1. The average Bonchev–Trinajstić information content (AvgIpc) is 3.19. The summed E-state index contributed by atoms with van der Waals surface area (Å²) >= 11 is 2.82. The Bertz CT molecular complexity index is 1490. The molecule has 0 radical (unpaired) electrons. The topological polar surface area (TPSA) is 73.2 Å². The van der Waals surface area contributed by atoms with Gasteiger partial charge in [-0.05, 0) is 56.5 Å². The summed E-state index contributed by atoms with van der Waals surface area (Å²) in [6, 6.07) is 17.6. The van der Waals surface area contributed by atoms with E-state index in [2.05, 4.69) is 5.32 Å². The first-order valence-electron chi connectivity index (χ1n) is 12.0. The fourth-order valence-corrected chi connectivity index (χ4v) is 6.48. The maximum absolute atomic E-state index is 14.0. The number of fused-ring (bicyclic) bond motifs is 3. The second-order valence-electron chi connectivity index (χ2n) is 9.75. The summed E-state index contributed by atoms with van der Waals surface area (Å²) in [6.45, 7) is 8.87. The first-order chi connectivity index (χ1) is 17.2. The van der Waals surface area contributed by atoms with E-state index in [-0.39, 0.29) is 17.1 Å². The smallest absolute Gasteiger partial charge is 0.267 e. The number of carbonyl (C=O) groups is 1. The number of aryl methyl sites for hydroxylation is 1. The summed E-state index contributed by atoms with van der Waals surface area (Å²) in [6.07, 6.45) is 0.665. The van der Waals surface area contributed by atoms with Gasteiger partial charge >= 0.3 is 0 Å². The van der Waals surface area contributed by atoms with E-state index in [1.165, 1.54) is 23.1 Å². The number of benzene rings is 2. The number of hydrogen-bond donors (Lipinski definition) is 1. The Labute approximate surface area is 218 Å². The van der Waals surface area contributed by atoms with Crippen LogP contribution in [0, 0.1) is 6.92 Å². The van der Waals surface area contributed by atoms with Gasteiger partial charge in [-0.2, -0.15) is 0 Å². The molecule has 1 aliphatic rings. The molecule has 0 unspecified atom stereocenters. The zero-order valence-corrected chi connectivity index (χ0v) is 22.5. The normalized spacial score (nSPS) is 15.4. The molecule has 6 nitrogen and oxygen atoms in total. The van der Waals surface area contributed by atoms with Gasteiger partial charge in [-0.3, -0.25) is 14.2 Å². The number of ether oxygens (including phenoxy) is 1. The van der Waals surface area contributed by atoms with E-state index in [0.29, 0.717) is 34.9 Å². The largest absolute Gasteiger partial charge is 0.370 e. The van der Waals surface area contributed by atoms with Crippen molar-refractivity contribution in [2.24, 2.45) is 0 Å². The SMILES string of the molecule is Cc1cccc(-n2c(S[C@@H](C)C(=O)NCc3ccccc3)nc3sc4c(c3c2=O)CC(C)(C)OC4)c1. The molecule has 3 heterocycles. The van der Waals surface area contributed by atoms with E-state index >= 15 is 0 Å². The lowest BCUT2D eigenvalue weighted by Gasteiger charge is -2.30. The molecule has 0 saturated carbocycles. The lowest BCUT2D eigenvalue weighted by molar-refractivity contribution is -0.120. The van der Waals surface area contributed by atoms with Gasteiger partial charge < -0.3 is 10.1 Å². The maximum atomic E-state index is 14.0. The lowest BCUT2D eigenvalue weighted by atomic mass is 9.94. The molecule has 1 amide bonds. The Hall–Kier alpha value is -2.94. The maximum Gasteiger partial charge on any atom is 0.267 e. The zero-order chi connectivity index (χ0) is 25.4. The quantitative estimate of drug-likeness (QED) is 0.273. The Balaban J connectivity index is 1.54. The molecule has 1 aliphatic heterocycles. The number of thiophene rings is 1. The molecule has 36 heavy (non-hydrogen) atoms. The van der Waals surface area contributed by atoms with Crippen molar-refractivity contribution in [3.63, 3.8) is 0 Å². The van der Waals surface area contributed by atoms with Crippen LogP contribution in [0.3, 0.4) is 0 Å². The monoisotopic (exact) mass is 519 g/mol. The molecule has 0 aliphatic carbocycles. The van der Waals surface area contributed by atoms with Gasteiger partial charge in [0.05, 0.1) is 28.5 Å². The van der Waals surface area contributed by atoms with Crippen molar-refractivity contribution in [1.29, 1.82) is 0 Å². The van der Waals surface area contributed by atoms with Gasteiger partial charge in [0.1, 0.15) is 4.83 Å². The van der Waals surface area contributed by atoms with Crippen LogP contribution in [-0.2, 0) is 29.1 Å². The number of nitrogens with zero attached hydrogens (tertiary/aromatic N) is 2. The van der Waals surface area contributed by atoms with Crippen LogP contribution in [0.2, 0.25) is 0 Å². The van der Waals surface area contributed by atoms with Crippen molar-refractivity contribution in [2.45, 2.75) is 63.3 Å². The highest BCUT2D eigenvalue weighted by Crippen LogP contribution is 2.38. The number of nitrogens with one attached hydrogen (secondary N) is 1. The molecule has 0 saturated heterocycles. The predicted octanol–water partition coefficient (Wildman–Crippen LogP) is 5.40. The third kappa shape index (κ3) is 4.98. The standard InChI is InChI=1S/C28H29N3O3S2/c1-17-9-8-12-20(13-17)31-26(33)23-21-14-28(3,4)34-16-22(21)36-25(23)30-27(31)35-18(2)24(32)29-15-19-10-6-5-7-11-19/h5-13,18H,14-16H2,1-4H3,(H,29,32)/t18-/m0/s1. The predicted molar refractivity (Wildman–Crippen MR) is 146 cm³/mol. The van der Waals surface area contributed by atoms with Crippen molar-refractivity contribution >= 4 is 39.2 Å². The van der Waals surface area contributed by atoms with Crippen molar-refractivity contribution in [1.82, 2.24) is 14.9 Å². The van der Waals surface area contributed by atoms with Gasteiger partial charge in [-0.25, -0.2) is 4.98 Å². The molecule has 0 spiro atoms. The molecule has 0 fully saturated rings. The third-order valence-electron chi connectivity index (χ3n) is 6.29. The van der Waals surface area contributed by atoms with Crippen molar-refractivity contribution in [3.05, 3.63) is 86.5 Å². The van der Waals surface area contributed by atoms with Gasteiger partial charge in [0, 0.05) is 17.8 Å². The van der Waals surface area contributed by atoms with Crippen LogP contribution in [0.25, 0.3) is 15.9 Å². The van der Waals surface area contributed by atoms with E-state index in [4.69, 9.17) is 9.72 Å². The first kappa shape index (κ1) is 24.7. The van der Waals surface area contributed by atoms with Gasteiger partial charge in [0.25, 0.3) is 5.56 Å². The van der Waals surface area contributed by atoms with E-state index in [1.54, 1.807) is 4.57 Å². The van der Waals surface area contributed by atoms with Gasteiger partial charge in [-0.1, -0.05) is 54.2 Å². The summed E-state index contributed by atoms with van der Waals surface area (Å²) in [5.41, 5.74) is 3.44. The van der Waals surface area contributed by atoms with Crippen LogP contribution >= 0.6 is 23.1 Å². The molecule has 1 atom stereocenters. The number of rotatable bonds is 6. The van der Waals surface area contributed by atoms with Crippen LogP contribution in [0.4, 0.5) is 0 Å². The molecular formula is C28H29N3O3S2. The number of amides is 1.